The Hall–Kier alpha value is -2.87. The normalized spacial score (nSPS) is 10.5. The van der Waals surface area contributed by atoms with Crippen LogP contribution in [0, 0.1) is 6.92 Å². The van der Waals surface area contributed by atoms with Crippen LogP contribution < -0.4 is 5.32 Å². The predicted molar refractivity (Wildman–Crippen MR) is 88.2 cm³/mol. The molecule has 0 atom stereocenters. The van der Waals surface area contributed by atoms with E-state index in [9.17, 15) is 9.59 Å². The maximum atomic E-state index is 12.1. The van der Waals surface area contributed by atoms with Crippen molar-refractivity contribution in [1.29, 1.82) is 0 Å². The van der Waals surface area contributed by atoms with Crippen molar-refractivity contribution >= 4 is 28.2 Å². The minimum atomic E-state index is -0.414. The van der Waals surface area contributed by atoms with Crippen LogP contribution in [0.4, 0.5) is 5.00 Å². The summed E-state index contributed by atoms with van der Waals surface area (Å²) in [6.07, 6.45) is 4.89. The Labute approximate surface area is 141 Å². The fourth-order valence-electron chi connectivity index (χ4n) is 2.06. The number of thiophene rings is 1. The average molecular weight is 345 g/mol. The lowest BCUT2D eigenvalue weighted by Gasteiger charge is -2.04. The number of carbonyl (C=O) groups excluding carboxylic acids is 2. The molecule has 1 amide bonds. The summed E-state index contributed by atoms with van der Waals surface area (Å²) in [6, 6.07) is 6.74. The van der Waals surface area contributed by atoms with Crippen LogP contribution in [0.3, 0.4) is 0 Å². The van der Waals surface area contributed by atoms with Gasteiger partial charge in [-0.2, -0.15) is 5.10 Å². The smallest absolute Gasteiger partial charge is 0.348 e. The van der Waals surface area contributed by atoms with Gasteiger partial charge >= 0.3 is 5.97 Å². The van der Waals surface area contributed by atoms with E-state index >= 15 is 0 Å². The average Bonchev–Trinajstić information content (AvgIpc) is 3.28. The molecule has 0 saturated carbocycles. The van der Waals surface area contributed by atoms with Gasteiger partial charge in [0.15, 0.2) is 5.76 Å². The maximum absolute atomic E-state index is 12.1. The van der Waals surface area contributed by atoms with E-state index in [0.717, 1.165) is 5.56 Å². The molecule has 0 bridgehead atoms. The van der Waals surface area contributed by atoms with Gasteiger partial charge in [0.1, 0.15) is 11.5 Å². The van der Waals surface area contributed by atoms with E-state index in [4.69, 9.17) is 9.15 Å². The number of rotatable bonds is 6. The molecule has 0 aliphatic carbocycles. The number of ether oxygens (including phenoxy) is 1. The Bertz CT molecular complexity index is 822. The van der Waals surface area contributed by atoms with Gasteiger partial charge in [-0.1, -0.05) is 0 Å². The summed E-state index contributed by atoms with van der Waals surface area (Å²) in [7, 11) is 0. The molecule has 8 heteroatoms. The first kappa shape index (κ1) is 16.0. The van der Waals surface area contributed by atoms with Crippen LogP contribution in [-0.2, 0) is 11.3 Å². The molecular weight excluding hydrogens is 330 g/mol. The number of esters is 1. The van der Waals surface area contributed by atoms with Gasteiger partial charge in [-0.3, -0.25) is 9.48 Å². The lowest BCUT2D eigenvalue weighted by atomic mass is 10.3. The predicted octanol–water partition coefficient (Wildman–Crippen LogP) is 2.96. The summed E-state index contributed by atoms with van der Waals surface area (Å²) in [5.74, 6) is -0.563. The van der Waals surface area contributed by atoms with Crippen molar-refractivity contribution in [2.24, 2.45) is 0 Å². The standard InChI is InChI=1S/C16H15N3O4S/c1-11-10-13(18-15(20)12-4-2-8-22-12)24-14(11)16(21)23-9-7-19-6-3-5-17-19/h2-6,8,10H,7,9H2,1H3,(H,18,20). The summed E-state index contributed by atoms with van der Waals surface area (Å²) >= 11 is 1.17. The molecule has 7 nitrogen and oxygen atoms in total. The van der Waals surface area contributed by atoms with Crippen LogP contribution in [0.15, 0.2) is 47.3 Å². The second-order valence-electron chi connectivity index (χ2n) is 4.96. The topological polar surface area (TPSA) is 86.4 Å². The summed E-state index contributed by atoms with van der Waals surface area (Å²) in [5, 5.41) is 7.30. The summed E-state index contributed by atoms with van der Waals surface area (Å²) in [4.78, 5) is 24.6. The SMILES string of the molecule is Cc1cc(NC(=O)c2ccco2)sc1C(=O)OCCn1cccn1. The molecule has 0 saturated heterocycles. The Morgan fingerprint density at radius 3 is 3.00 bits per heavy atom. The highest BCUT2D eigenvalue weighted by molar-refractivity contribution is 7.18. The number of amides is 1. The summed E-state index contributed by atoms with van der Waals surface area (Å²) in [6.45, 7) is 2.51. The van der Waals surface area contributed by atoms with Gasteiger partial charge in [0.25, 0.3) is 5.91 Å². The molecule has 3 rings (SSSR count). The third-order valence-corrected chi connectivity index (χ3v) is 4.33. The first-order valence-corrected chi connectivity index (χ1v) is 8.05. The molecule has 3 aromatic rings. The van der Waals surface area contributed by atoms with Crippen molar-refractivity contribution in [2.45, 2.75) is 13.5 Å². The number of aryl methyl sites for hydroxylation is 1. The molecule has 3 heterocycles. The zero-order chi connectivity index (χ0) is 16.9. The highest BCUT2D eigenvalue weighted by atomic mass is 32.1. The number of hydrogen-bond donors (Lipinski definition) is 1. The Morgan fingerprint density at radius 2 is 2.29 bits per heavy atom. The van der Waals surface area contributed by atoms with Crippen LogP contribution in [0.2, 0.25) is 0 Å². The molecule has 124 valence electrons. The molecule has 0 fully saturated rings. The first-order chi connectivity index (χ1) is 11.6. The van der Waals surface area contributed by atoms with Crippen molar-refractivity contribution < 1.29 is 18.7 Å². The van der Waals surface area contributed by atoms with Crippen molar-refractivity contribution in [2.75, 3.05) is 11.9 Å². The highest BCUT2D eigenvalue weighted by Gasteiger charge is 2.17. The van der Waals surface area contributed by atoms with E-state index < -0.39 is 5.97 Å². The number of anilines is 1. The van der Waals surface area contributed by atoms with E-state index in [1.807, 2.05) is 0 Å². The molecule has 0 spiro atoms. The number of aromatic nitrogens is 2. The van der Waals surface area contributed by atoms with E-state index in [-0.39, 0.29) is 18.3 Å². The van der Waals surface area contributed by atoms with Gasteiger partial charge in [0.2, 0.25) is 0 Å². The Balaban J connectivity index is 1.58. The Kier molecular flexibility index (Phi) is 4.76. The molecule has 0 unspecified atom stereocenters. The van der Waals surface area contributed by atoms with Crippen LogP contribution in [0.25, 0.3) is 0 Å². The molecule has 0 aliphatic rings. The largest absolute Gasteiger partial charge is 0.460 e. The van der Waals surface area contributed by atoms with Gasteiger partial charge in [0.05, 0.1) is 17.8 Å². The number of carbonyl (C=O) groups is 2. The van der Waals surface area contributed by atoms with Crippen molar-refractivity contribution in [3.63, 3.8) is 0 Å². The maximum Gasteiger partial charge on any atom is 0.348 e. The third kappa shape index (κ3) is 3.72. The van der Waals surface area contributed by atoms with E-state index in [1.165, 1.54) is 17.6 Å². The zero-order valence-corrected chi connectivity index (χ0v) is 13.7. The van der Waals surface area contributed by atoms with Gasteiger partial charge in [-0.25, -0.2) is 4.79 Å². The highest BCUT2D eigenvalue weighted by Crippen LogP contribution is 2.27. The van der Waals surface area contributed by atoms with Gasteiger partial charge in [-0.15, -0.1) is 11.3 Å². The quantitative estimate of drug-likeness (QED) is 0.694. The lowest BCUT2D eigenvalue weighted by molar-refractivity contribution is 0.0492. The van der Waals surface area contributed by atoms with Crippen LogP contribution in [0.5, 0.6) is 0 Å². The number of furan rings is 1. The number of nitrogens with zero attached hydrogens (tertiary/aromatic N) is 2. The number of nitrogens with one attached hydrogen (secondary N) is 1. The molecular formula is C16H15N3O4S. The monoisotopic (exact) mass is 345 g/mol. The fourth-order valence-corrected chi connectivity index (χ4v) is 3.02. The molecule has 0 radical (unpaired) electrons. The molecule has 0 aromatic carbocycles. The first-order valence-electron chi connectivity index (χ1n) is 7.23. The van der Waals surface area contributed by atoms with Crippen molar-refractivity contribution in [3.8, 4) is 0 Å². The summed E-state index contributed by atoms with van der Waals surface area (Å²) < 4.78 is 12.0. The lowest BCUT2D eigenvalue weighted by Crippen LogP contribution is -2.11. The van der Waals surface area contributed by atoms with Gasteiger partial charge in [0, 0.05) is 12.4 Å². The third-order valence-electron chi connectivity index (χ3n) is 3.20. The Morgan fingerprint density at radius 1 is 1.42 bits per heavy atom. The van der Waals surface area contributed by atoms with Crippen LogP contribution >= 0.6 is 11.3 Å². The van der Waals surface area contributed by atoms with Gasteiger partial charge in [-0.05, 0) is 36.8 Å². The second kappa shape index (κ2) is 7.14. The zero-order valence-electron chi connectivity index (χ0n) is 12.9. The molecule has 1 N–H and O–H groups in total. The molecule has 0 aliphatic heterocycles. The molecule has 24 heavy (non-hydrogen) atoms. The van der Waals surface area contributed by atoms with Crippen molar-refractivity contribution in [3.05, 3.63) is 59.1 Å². The van der Waals surface area contributed by atoms with Crippen LogP contribution in [-0.4, -0.2) is 28.3 Å². The minimum Gasteiger partial charge on any atom is -0.460 e. The number of hydrogen-bond acceptors (Lipinski definition) is 6. The van der Waals surface area contributed by atoms with Crippen molar-refractivity contribution in [1.82, 2.24) is 9.78 Å². The van der Waals surface area contributed by atoms with E-state index in [0.29, 0.717) is 16.4 Å². The molecule has 3 aromatic heterocycles. The van der Waals surface area contributed by atoms with Gasteiger partial charge < -0.3 is 14.5 Å². The summed E-state index contributed by atoms with van der Waals surface area (Å²) in [5.41, 5.74) is 0.749. The van der Waals surface area contributed by atoms with Crippen LogP contribution in [0.1, 0.15) is 25.8 Å². The minimum absolute atomic E-state index is 0.212. The fraction of sp³-hybridized carbons (Fsp3) is 0.188. The van der Waals surface area contributed by atoms with E-state index in [2.05, 4.69) is 10.4 Å². The second-order valence-corrected chi connectivity index (χ2v) is 6.01. The van der Waals surface area contributed by atoms with E-state index in [1.54, 1.807) is 48.3 Å².